The van der Waals surface area contributed by atoms with Crippen LogP contribution in [0.1, 0.15) is 13.8 Å². The van der Waals surface area contributed by atoms with Crippen LogP contribution in [0, 0.1) is 0 Å². The van der Waals surface area contributed by atoms with Crippen LogP contribution in [0.3, 0.4) is 0 Å². The molecule has 2 atom stereocenters. The van der Waals surface area contributed by atoms with Crippen molar-refractivity contribution in [3.63, 3.8) is 0 Å². The molecule has 0 bridgehead atoms. The SMILES string of the molecule is CNc1nc(N2C[C@@H](C)O[C@@H](C)C2)nc(-n2cncn2)n1. The van der Waals surface area contributed by atoms with Crippen molar-refractivity contribution in [1.29, 1.82) is 0 Å². The molecule has 1 saturated heterocycles. The Balaban J connectivity index is 1.96. The fourth-order valence-corrected chi connectivity index (χ4v) is 2.36. The molecule has 0 unspecified atom stereocenters. The minimum absolute atomic E-state index is 0.137. The second-order valence-corrected chi connectivity index (χ2v) is 5.01. The number of nitrogens with one attached hydrogen (secondary N) is 1. The number of nitrogens with zero attached hydrogens (tertiary/aromatic N) is 7. The van der Waals surface area contributed by atoms with Crippen LogP contribution in [0.4, 0.5) is 11.9 Å². The van der Waals surface area contributed by atoms with Gasteiger partial charge >= 0.3 is 0 Å². The largest absolute Gasteiger partial charge is 0.372 e. The van der Waals surface area contributed by atoms with Crippen LogP contribution in [0.15, 0.2) is 12.7 Å². The zero-order chi connectivity index (χ0) is 14.8. The molecule has 0 amide bonds. The fraction of sp³-hybridized carbons (Fsp3) is 0.583. The quantitative estimate of drug-likeness (QED) is 0.851. The zero-order valence-corrected chi connectivity index (χ0v) is 12.3. The first-order valence-electron chi connectivity index (χ1n) is 6.85. The molecule has 112 valence electrons. The molecule has 3 rings (SSSR count). The summed E-state index contributed by atoms with van der Waals surface area (Å²) in [7, 11) is 1.77. The Morgan fingerprint density at radius 2 is 1.86 bits per heavy atom. The fourth-order valence-electron chi connectivity index (χ4n) is 2.36. The summed E-state index contributed by atoms with van der Waals surface area (Å²) in [4.78, 5) is 19.2. The highest BCUT2D eigenvalue weighted by Gasteiger charge is 2.25. The summed E-state index contributed by atoms with van der Waals surface area (Å²) in [5, 5.41) is 7.01. The Bertz CT molecular complexity index is 591. The van der Waals surface area contributed by atoms with E-state index in [4.69, 9.17) is 4.74 Å². The van der Waals surface area contributed by atoms with E-state index in [0.29, 0.717) is 17.8 Å². The van der Waals surface area contributed by atoms with Crippen LogP contribution in [0.2, 0.25) is 0 Å². The van der Waals surface area contributed by atoms with Crippen molar-refractivity contribution in [3.8, 4) is 5.95 Å². The van der Waals surface area contributed by atoms with Crippen molar-refractivity contribution in [1.82, 2.24) is 29.7 Å². The highest BCUT2D eigenvalue weighted by Crippen LogP contribution is 2.18. The van der Waals surface area contributed by atoms with E-state index in [0.717, 1.165) is 13.1 Å². The maximum absolute atomic E-state index is 5.74. The number of hydrogen-bond acceptors (Lipinski definition) is 8. The van der Waals surface area contributed by atoms with E-state index in [1.807, 2.05) is 13.8 Å². The number of ether oxygens (including phenoxy) is 1. The normalized spacial score (nSPS) is 22.3. The van der Waals surface area contributed by atoms with Crippen LogP contribution in [0.25, 0.3) is 5.95 Å². The second-order valence-electron chi connectivity index (χ2n) is 5.01. The third-order valence-corrected chi connectivity index (χ3v) is 3.16. The van der Waals surface area contributed by atoms with Gasteiger partial charge in [-0.1, -0.05) is 0 Å². The molecule has 21 heavy (non-hydrogen) atoms. The molecule has 1 aliphatic rings. The molecule has 1 aliphatic heterocycles. The maximum Gasteiger partial charge on any atom is 0.258 e. The molecule has 3 heterocycles. The summed E-state index contributed by atoms with van der Waals surface area (Å²) < 4.78 is 7.25. The van der Waals surface area contributed by atoms with Crippen LogP contribution >= 0.6 is 0 Å². The number of anilines is 2. The third kappa shape index (κ3) is 2.92. The molecule has 0 spiro atoms. The van der Waals surface area contributed by atoms with E-state index in [1.165, 1.54) is 11.0 Å². The molecule has 0 aliphatic carbocycles. The van der Waals surface area contributed by atoms with Gasteiger partial charge in [0.2, 0.25) is 11.9 Å². The Labute approximate surface area is 122 Å². The lowest BCUT2D eigenvalue weighted by molar-refractivity contribution is -0.00572. The van der Waals surface area contributed by atoms with E-state index < -0.39 is 0 Å². The number of morpholine rings is 1. The Morgan fingerprint density at radius 1 is 1.14 bits per heavy atom. The van der Waals surface area contributed by atoms with Gasteiger partial charge in [-0.05, 0) is 13.8 Å². The summed E-state index contributed by atoms with van der Waals surface area (Å²) in [6, 6.07) is 0. The predicted molar refractivity (Wildman–Crippen MR) is 76.5 cm³/mol. The molecule has 1 fully saturated rings. The Kier molecular flexibility index (Phi) is 3.65. The molecule has 2 aromatic heterocycles. The van der Waals surface area contributed by atoms with Gasteiger partial charge in [0, 0.05) is 20.1 Å². The monoisotopic (exact) mass is 290 g/mol. The standard InChI is InChI=1S/C12H18N8O/c1-8-4-19(5-9(2)21-8)11-16-10(13-3)17-12(18-11)20-7-14-6-15-20/h6-9H,4-5H2,1-3H3,(H,13,16,17,18)/t8-,9+. The molecule has 0 radical (unpaired) electrons. The van der Waals surface area contributed by atoms with Gasteiger partial charge < -0.3 is 15.0 Å². The number of rotatable bonds is 3. The van der Waals surface area contributed by atoms with E-state index in [1.54, 1.807) is 13.4 Å². The minimum Gasteiger partial charge on any atom is -0.372 e. The molecular formula is C12H18N8O. The summed E-state index contributed by atoms with van der Waals surface area (Å²) in [6.45, 7) is 5.57. The molecule has 9 nitrogen and oxygen atoms in total. The minimum atomic E-state index is 0.137. The van der Waals surface area contributed by atoms with E-state index in [2.05, 4.69) is 35.3 Å². The molecule has 2 aromatic rings. The molecular weight excluding hydrogens is 272 g/mol. The Morgan fingerprint density at radius 3 is 2.48 bits per heavy atom. The van der Waals surface area contributed by atoms with Gasteiger partial charge in [-0.3, -0.25) is 0 Å². The van der Waals surface area contributed by atoms with Crippen molar-refractivity contribution in [2.24, 2.45) is 0 Å². The maximum atomic E-state index is 5.74. The lowest BCUT2D eigenvalue weighted by Gasteiger charge is -2.35. The van der Waals surface area contributed by atoms with Crippen molar-refractivity contribution < 1.29 is 4.74 Å². The Hall–Kier alpha value is -2.29. The van der Waals surface area contributed by atoms with Gasteiger partial charge in [0.25, 0.3) is 5.95 Å². The highest BCUT2D eigenvalue weighted by molar-refractivity contribution is 5.40. The number of hydrogen-bond donors (Lipinski definition) is 1. The predicted octanol–water partition coefficient (Wildman–Crippen LogP) is 0.108. The zero-order valence-electron chi connectivity index (χ0n) is 12.3. The molecule has 9 heteroatoms. The van der Waals surface area contributed by atoms with Crippen LogP contribution in [0.5, 0.6) is 0 Å². The van der Waals surface area contributed by atoms with E-state index >= 15 is 0 Å². The lowest BCUT2D eigenvalue weighted by atomic mass is 10.2. The van der Waals surface area contributed by atoms with Gasteiger partial charge in [0.15, 0.2) is 0 Å². The number of aromatic nitrogens is 6. The molecule has 0 aromatic carbocycles. The van der Waals surface area contributed by atoms with Crippen molar-refractivity contribution in [3.05, 3.63) is 12.7 Å². The van der Waals surface area contributed by atoms with Crippen LogP contribution in [-0.4, -0.2) is 62.1 Å². The van der Waals surface area contributed by atoms with E-state index in [-0.39, 0.29) is 12.2 Å². The van der Waals surface area contributed by atoms with Gasteiger partial charge in [-0.2, -0.15) is 24.7 Å². The van der Waals surface area contributed by atoms with Gasteiger partial charge in [0.1, 0.15) is 12.7 Å². The van der Waals surface area contributed by atoms with E-state index in [9.17, 15) is 0 Å². The summed E-state index contributed by atoms with van der Waals surface area (Å²) in [5.41, 5.74) is 0. The molecule has 1 N–H and O–H groups in total. The van der Waals surface area contributed by atoms with Gasteiger partial charge in [-0.15, -0.1) is 0 Å². The van der Waals surface area contributed by atoms with Crippen molar-refractivity contribution in [2.45, 2.75) is 26.1 Å². The van der Waals surface area contributed by atoms with Crippen LogP contribution in [-0.2, 0) is 4.74 Å². The third-order valence-electron chi connectivity index (χ3n) is 3.16. The van der Waals surface area contributed by atoms with Gasteiger partial charge in [-0.25, -0.2) is 4.98 Å². The van der Waals surface area contributed by atoms with Crippen LogP contribution < -0.4 is 10.2 Å². The van der Waals surface area contributed by atoms with Gasteiger partial charge in [0.05, 0.1) is 12.2 Å². The summed E-state index contributed by atoms with van der Waals surface area (Å²) >= 11 is 0. The smallest absolute Gasteiger partial charge is 0.258 e. The average molecular weight is 290 g/mol. The van der Waals surface area contributed by atoms with Crippen molar-refractivity contribution in [2.75, 3.05) is 30.4 Å². The summed E-state index contributed by atoms with van der Waals surface area (Å²) in [6.07, 6.45) is 3.28. The first-order valence-corrected chi connectivity index (χ1v) is 6.85. The first kappa shape index (κ1) is 13.7. The highest BCUT2D eigenvalue weighted by atomic mass is 16.5. The van der Waals surface area contributed by atoms with Crippen molar-refractivity contribution >= 4 is 11.9 Å². The summed E-state index contributed by atoms with van der Waals surface area (Å²) in [5.74, 6) is 1.55. The second kappa shape index (κ2) is 5.60. The first-order chi connectivity index (χ1) is 10.2. The topological polar surface area (TPSA) is 93.9 Å². The molecule has 0 saturated carbocycles. The average Bonchev–Trinajstić information content (AvgIpc) is 3.00. The lowest BCUT2D eigenvalue weighted by Crippen LogP contribution is -2.46.